The number of anilines is 1. The maximum Gasteiger partial charge on any atom is 0.184 e. The molecule has 0 aliphatic carbocycles. The number of thiazole rings is 1. The third-order valence-corrected chi connectivity index (χ3v) is 5.84. The van der Waals surface area contributed by atoms with Crippen molar-refractivity contribution in [2.24, 2.45) is 5.92 Å². The van der Waals surface area contributed by atoms with Crippen LogP contribution in [-0.2, 0) is 6.54 Å². The lowest BCUT2D eigenvalue weighted by Gasteiger charge is -2.17. The Morgan fingerprint density at radius 3 is 2.78 bits per heavy atom. The minimum absolute atomic E-state index is 0.0109. The summed E-state index contributed by atoms with van der Waals surface area (Å²) < 4.78 is 8.76. The van der Waals surface area contributed by atoms with E-state index in [-0.39, 0.29) is 19.3 Å². The van der Waals surface area contributed by atoms with Gasteiger partial charge in [0, 0.05) is 30.1 Å². The van der Waals surface area contributed by atoms with Crippen LogP contribution in [0.15, 0.2) is 48.9 Å². The van der Waals surface area contributed by atoms with Crippen LogP contribution in [0.4, 0.5) is 5.13 Å². The smallest absolute Gasteiger partial charge is 0.184 e. The molecule has 0 spiro atoms. The van der Waals surface area contributed by atoms with Crippen molar-refractivity contribution >= 4 is 26.7 Å². The number of hydrogen-bond donors (Lipinski definition) is 3. The highest BCUT2D eigenvalue weighted by molar-refractivity contribution is 7.22. The van der Waals surface area contributed by atoms with Crippen LogP contribution < -0.4 is 10.1 Å². The molecule has 0 bridgehead atoms. The summed E-state index contributed by atoms with van der Waals surface area (Å²) in [5, 5.41) is 27.0. The van der Waals surface area contributed by atoms with Crippen molar-refractivity contribution < 1.29 is 14.9 Å². The largest absolute Gasteiger partial charge is 0.457 e. The van der Waals surface area contributed by atoms with Crippen molar-refractivity contribution in [3.8, 4) is 22.8 Å². The summed E-state index contributed by atoms with van der Waals surface area (Å²) in [5.74, 6) is 1.87. The topological polar surface area (TPSA) is 105 Å². The van der Waals surface area contributed by atoms with E-state index in [1.807, 2.05) is 36.5 Å². The standard InChI is InChI=1S/C23H27N5O3S/c1-15(2)9-17(14-30)26-23-27-20-4-3-18(11-22(20)32-23)31-19-5-6-24-21(10-19)16-12-25-28(13-16)7-8-29/h3-6,10-13,15,17,29-30H,7-9,14H2,1-2H3,(H,26,27)/t17-/m1/s1. The van der Waals surface area contributed by atoms with Crippen LogP contribution in [0.2, 0.25) is 0 Å². The van der Waals surface area contributed by atoms with Crippen LogP contribution >= 0.6 is 11.3 Å². The van der Waals surface area contributed by atoms with Gasteiger partial charge in [-0.2, -0.15) is 5.10 Å². The lowest BCUT2D eigenvalue weighted by atomic mass is 10.0. The molecule has 0 aliphatic heterocycles. The molecule has 0 radical (unpaired) electrons. The lowest BCUT2D eigenvalue weighted by Crippen LogP contribution is -2.25. The van der Waals surface area contributed by atoms with Crippen LogP contribution in [-0.4, -0.2) is 49.2 Å². The van der Waals surface area contributed by atoms with E-state index in [9.17, 15) is 5.11 Å². The van der Waals surface area contributed by atoms with Crippen LogP contribution in [0.5, 0.6) is 11.5 Å². The molecular weight excluding hydrogens is 426 g/mol. The second-order valence-corrected chi connectivity index (χ2v) is 9.03. The summed E-state index contributed by atoms with van der Waals surface area (Å²) in [6.45, 7) is 4.83. The summed E-state index contributed by atoms with van der Waals surface area (Å²) in [6, 6.07) is 9.45. The SMILES string of the molecule is CC(C)C[C@H](CO)Nc1nc2ccc(Oc3ccnc(-c4cnn(CCO)c4)c3)cc2s1. The van der Waals surface area contributed by atoms with Gasteiger partial charge in [-0.25, -0.2) is 4.98 Å². The molecule has 0 saturated heterocycles. The summed E-state index contributed by atoms with van der Waals surface area (Å²) in [4.78, 5) is 9.03. The zero-order chi connectivity index (χ0) is 22.5. The van der Waals surface area contributed by atoms with E-state index in [2.05, 4.69) is 34.2 Å². The third-order valence-electron chi connectivity index (χ3n) is 4.89. The number of hydrogen-bond acceptors (Lipinski definition) is 8. The summed E-state index contributed by atoms with van der Waals surface area (Å²) in [6.07, 6.45) is 6.15. The van der Waals surface area contributed by atoms with Crippen molar-refractivity contribution in [1.29, 1.82) is 0 Å². The molecule has 0 amide bonds. The second-order valence-electron chi connectivity index (χ2n) is 8.00. The summed E-state index contributed by atoms with van der Waals surface area (Å²) in [5.41, 5.74) is 2.49. The summed E-state index contributed by atoms with van der Waals surface area (Å²) in [7, 11) is 0. The molecule has 0 unspecified atom stereocenters. The first kappa shape index (κ1) is 22.2. The highest BCUT2D eigenvalue weighted by atomic mass is 32.1. The molecule has 4 rings (SSSR count). The Morgan fingerprint density at radius 1 is 1.16 bits per heavy atom. The molecule has 168 valence electrons. The van der Waals surface area contributed by atoms with Crippen LogP contribution in [0.1, 0.15) is 20.3 Å². The van der Waals surface area contributed by atoms with Crippen molar-refractivity contribution in [2.45, 2.75) is 32.9 Å². The zero-order valence-electron chi connectivity index (χ0n) is 18.1. The first-order valence-corrected chi connectivity index (χ1v) is 11.4. The van der Waals surface area contributed by atoms with Gasteiger partial charge in [-0.05, 0) is 30.5 Å². The first-order chi connectivity index (χ1) is 15.5. The Labute approximate surface area is 190 Å². The number of benzene rings is 1. The van der Waals surface area contributed by atoms with Crippen LogP contribution in [0.3, 0.4) is 0 Å². The van der Waals surface area contributed by atoms with Gasteiger partial charge in [0.1, 0.15) is 11.5 Å². The van der Waals surface area contributed by atoms with Gasteiger partial charge < -0.3 is 20.3 Å². The van der Waals surface area contributed by atoms with Gasteiger partial charge in [-0.3, -0.25) is 9.67 Å². The van der Waals surface area contributed by atoms with E-state index in [1.54, 1.807) is 28.4 Å². The van der Waals surface area contributed by atoms with E-state index in [0.717, 1.165) is 33.0 Å². The third kappa shape index (κ3) is 5.42. The molecule has 0 saturated carbocycles. The molecule has 0 fully saturated rings. The number of aliphatic hydroxyl groups is 2. The van der Waals surface area contributed by atoms with E-state index in [0.29, 0.717) is 24.0 Å². The Morgan fingerprint density at radius 2 is 2.00 bits per heavy atom. The quantitative estimate of drug-likeness (QED) is 0.331. The fourth-order valence-electron chi connectivity index (χ4n) is 3.44. The van der Waals surface area contributed by atoms with Crippen LogP contribution in [0, 0.1) is 5.92 Å². The predicted octanol–water partition coefficient (Wildman–Crippen LogP) is 4.16. The number of nitrogens with zero attached hydrogens (tertiary/aromatic N) is 4. The summed E-state index contributed by atoms with van der Waals surface area (Å²) >= 11 is 1.54. The number of aromatic nitrogens is 4. The minimum Gasteiger partial charge on any atom is -0.457 e. The Balaban J connectivity index is 1.49. The average Bonchev–Trinajstić information content (AvgIpc) is 3.40. The van der Waals surface area contributed by atoms with E-state index < -0.39 is 0 Å². The van der Waals surface area contributed by atoms with Crippen molar-refractivity contribution in [1.82, 2.24) is 19.7 Å². The molecule has 1 aromatic carbocycles. The molecule has 32 heavy (non-hydrogen) atoms. The molecule has 3 heterocycles. The number of aliphatic hydroxyl groups excluding tert-OH is 2. The van der Waals surface area contributed by atoms with Gasteiger partial charge in [-0.1, -0.05) is 25.2 Å². The van der Waals surface area contributed by atoms with Gasteiger partial charge in [0.2, 0.25) is 0 Å². The van der Waals surface area contributed by atoms with Crippen molar-refractivity contribution in [2.75, 3.05) is 18.5 Å². The molecule has 9 heteroatoms. The molecule has 4 aromatic rings. The predicted molar refractivity (Wildman–Crippen MR) is 126 cm³/mol. The minimum atomic E-state index is -0.0109. The van der Waals surface area contributed by atoms with Gasteiger partial charge in [-0.15, -0.1) is 0 Å². The molecule has 3 aromatic heterocycles. The molecular formula is C23H27N5O3S. The Bertz CT molecular complexity index is 1170. The maximum atomic E-state index is 9.63. The van der Waals surface area contributed by atoms with Gasteiger partial charge >= 0.3 is 0 Å². The average molecular weight is 454 g/mol. The number of rotatable bonds is 10. The first-order valence-electron chi connectivity index (χ1n) is 10.6. The highest BCUT2D eigenvalue weighted by Gasteiger charge is 2.13. The van der Waals surface area contributed by atoms with Crippen molar-refractivity contribution in [3.63, 3.8) is 0 Å². The highest BCUT2D eigenvalue weighted by Crippen LogP contribution is 2.32. The fourth-order valence-corrected chi connectivity index (χ4v) is 4.41. The number of ether oxygens (including phenoxy) is 1. The van der Waals surface area contributed by atoms with Gasteiger partial charge in [0.15, 0.2) is 5.13 Å². The fraction of sp³-hybridized carbons (Fsp3) is 0.348. The Hall–Kier alpha value is -3.01. The van der Waals surface area contributed by atoms with Gasteiger partial charge in [0.25, 0.3) is 0 Å². The van der Waals surface area contributed by atoms with E-state index in [1.165, 1.54) is 0 Å². The monoisotopic (exact) mass is 453 g/mol. The van der Waals surface area contributed by atoms with Gasteiger partial charge in [0.05, 0.1) is 47.9 Å². The van der Waals surface area contributed by atoms with E-state index >= 15 is 0 Å². The zero-order valence-corrected chi connectivity index (χ0v) is 18.9. The van der Waals surface area contributed by atoms with E-state index in [4.69, 9.17) is 9.84 Å². The molecule has 1 atom stereocenters. The Kier molecular flexibility index (Phi) is 6.99. The molecule has 3 N–H and O–H groups in total. The van der Waals surface area contributed by atoms with Crippen LogP contribution in [0.25, 0.3) is 21.5 Å². The number of pyridine rings is 1. The van der Waals surface area contributed by atoms with Crippen molar-refractivity contribution in [3.05, 3.63) is 48.9 Å². The number of fused-ring (bicyclic) bond motifs is 1. The number of nitrogens with one attached hydrogen (secondary N) is 1. The maximum absolute atomic E-state index is 9.63. The normalized spacial score (nSPS) is 12.4. The molecule has 8 nitrogen and oxygen atoms in total. The molecule has 0 aliphatic rings. The lowest BCUT2D eigenvalue weighted by molar-refractivity contribution is 0.259. The second kappa shape index (κ2) is 10.1.